The van der Waals surface area contributed by atoms with Gasteiger partial charge in [-0.1, -0.05) is 0 Å². The van der Waals surface area contributed by atoms with Crippen LogP contribution >= 0.6 is 0 Å². The molecule has 0 bridgehead atoms. The molecule has 4 aromatic rings. The van der Waals surface area contributed by atoms with E-state index in [4.69, 9.17) is 10.7 Å². The number of pyridine rings is 1. The number of imidazole rings is 1. The average molecular weight is 454 g/mol. The van der Waals surface area contributed by atoms with Gasteiger partial charge in [-0.3, -0.25) is 0 Å². The predicted octanol–water partition coefficient (Wildman–Crippen LogP) is 3.70. The van der Waals surface area contributed by atoms with Crippen molar-refractivity contribution in [1.29, 1.82) is 0 Å². The number of anilines is 2. The zero-order valence-electron chi connectivity index (χ0n) is 19.9. The number of piperidine rings is 1. The van der Waals surface area contributed by atoms with Gasteiger partial charge in [0.2, 0.25) is 5.95 Å². The van der Waals surface area contributed by atoms with Crippen LogP contribution in [0.15, 0.2) is 24.4 Å². The lowest BCUT2D eigenvalue weighted by molar-refractivity contribution is 0.163. The van der Waals surface area contributed by atoms with Crippen LogP contribution in [0.1, 0.15) is 38.6 Å². The van der Waals surface area contributed by atoms with E-state index in [1.54, 1.807) is 4.52 Å². The minimum atomic E-state index is -0.561. The SMILES string of the molecule is CN1CCC[C@@H](F)C1.CNc1nc(N)nn2ccc(-c3ccc4nc(C)n(C(C)C)c4n3)c12. The summed E-state index contributed by atoms with van der Waals surface area (Å²) < 4.78 is 16.3. The Morgan fingerprint density at radius 3 is 2.61 bits per heavy atom. The molecule has 9 nitrogen and oxygen atoms in total. The number of nitrogen functional groups attached to an aromatic ring is 1. The van der Waals surface area contributed by atoms with Crippen LogP contribution in [0.25, 0.3) is 27.9 Å². The van der Waals surface area contributed by atoms with E-state index in [0.29, 0.717) is 12.4 Å². The van der Waals surface area contributed by atoms with Crippen molar-refractivity contribution in [3.8, 4) is 11.3 Å². The maximum absolute atomic E-state index is 12.4. The predicted molar refractivity (Wildman–Crippen MR) is 130 cm³/mol. The number of nitrogens with zero attached hydrogens (tertiary/aromatic N) is 7. The molecule has 0 aliphatic carbocycles. The van der Waals surface area contributed by atoms with E-state index in [1.807, 2.05) is 50.3 Å². The average Bonchev–Trinajstić information content (AvgIpc) is 3.32. The fraction of sp³-hybridized carbons (Fsp3) is 0.478. The summed E-state index contributed by atoms with van der Waals surface area (Å²) in [7, 11) is 3.78. The molecule has 1 fully saturated rings. The monoisotopic (exact) mass is 453 g/mol. The van der Waals surface area contributed by atoms with E-state index in [0.717, 1.165) is 53.1 Å². The number of fused-ring (bicyclic) bond motifs is 2. The zero-order chi connectivity index (χ0) is 23.7. The molecule has 10 heteroatoms. The van der Waals surface area contributed by atoms with Crippen LogP contribution in [-0.4, -0.2) is 67.4 Å². The minimum Gasteiger partial charge on any atom is -0.371 e. The first kappa shape index (κ1) is 22.9. The molecule has 176 valence electrons. The second-order valence-corrected chi connectivity index (χ2v) is 8.75. The first-order chi connectivity index (χ1) is 15.8. The summed E-state index contributed by atoms with van der Waals surface area (Å²) in [6.07, 6.45) is 3.09. The lowest BCUT2D eigenvalue weighted by atomic mass is 10.1. The van der Waals surface area contributed by atoms with E-state index >= 15 is 0 Å². The molecule has 1 atom stereocenters. The number of nitrogens with one attached hydrogen (secondary N) is 1. The Bertz CT molecular complexity index is 1250. The molecule has 0 unspecified atom stereocenters. The Morgan fingerprint density at radius 1 is 1.18 bits per heavy atom. The maximum Gasteiger partial charge on any atom is 0.240 e. The second kappa shape index (κ2) is 9.30. The van der Waals surface area contributed by atoms with Crippen molar-refractivity contribution in [2.45, 2.75) is 45.8 Å². The standard InChI is InChI=1S/C17H20N8.C6H12FN/c1-9(2)25-10(3)20-13-6-5-12(21-16(13)25)11-7-8-24-14(11)15(19-4)22-17(18)23-24;1-8-4-2-3-6(7)5-8/h5-9H,1-4H3,(H3,18,19,22,23);6H,2-5H2,1H3/t;6-/m.1/s1. The van der Waals surface area contributed by atoms with Gasteiger partial charge in [0.15, 0.2) is 11.5 Å². The summed E-state index contributed by atoms with van der Waals surface area (Å²) in [5.74, 6) is 1.85. The van der Waals surface area contributed by atoms with Crippen LogP contribution in [0, 0.1) is 6.92 Å². The van der Waals surface area contributed by atoms with E-state index in [9.17, 15) is 4.39 Å². The van der Waals surface area contributed by atoms with Crippen LogP contribution in [-0.2, 0) is 0 Å². The fourth-order valence-corrected chi connectivity index (χ4v) is 4.38. The molecule has 5 heterocycles. The highest BCUT2D eigenvalue weighted by molar-refractivity contribution is 5.89. The largest absolute Gasteiger partial charge is 0.371 e. The third-order valence-electron chi connectivity index (χ3n) is 5.84. The van der Waals surface area contributed by atoms with Crippen LogP contribution in [0.3, 0.4) is 0 Å². The number of alkyl halides is 1. The number of rotatable bonds is 3. The molecular weight excluding hydrogens is 421 g/mol. The lowest BCUT2D eigenvalue weighted by Crippen LogP contribution is -2.32. The summed E-state index contributed by atoms with van der Waals surface area (Å²) in [6.45, 7) is 7.98. The zero-order valence-corrected chi connectivity index (χ0v) is 19.9. The molecule has 0 aromatic carbocycles. The smallest absolute Gasteiger partial charge is 0.240 e. The molecule has 5 rings (SSSR count). The number of halogens is 1. The molecular formula is C23H32FN9. The van der Waals surface area contributed by atoms with Crippen molar-refractivity contribution in [2.75, 3.05) is 38.2 Å². The van der Waals surface area contributed by atoms with Gasteiger partial charge >= 0.3 is 0 Å². The van der Waals surface area contributed by atoms with Gasteiger partial charge < -0.3 is 20.5 Å². The van der Waals surface area contributed by atoms with Crippen LogP contribution in [0.5, 0.6) is 0 Å². The van der Waals surface area contributed by atoms with Crippen molar-refractivity contribution < 1.29 is 4.39 Å². The molecule has 1 saturated heterocycles. The number of nitrogens with two attached hydrogens (primary N) is 1. The van der Waals surface area contributed by atoms with Crippen LogP contribution < -0.4 is 11.1 Å². The summed E-state index contributed by atoms with van der Waals surface area (Å²) in [5, 5.41) is 7.32. The Hall–Kier alpha value is -3.27. The van der Waals surface area contributed by atoms with Gasteiger partial charge in [0.1, 0.15) is 23.0 Å². The van der Waals surface area contributed by atoms with Gasteiger partial charge in [-0.15, -0.1) is 5.10 Å². The summed E-state index contributed by atoms with van der Waals surface area (Å²) in [6, 6.07) is 6.24. The molecule has 1 aliphatic heterocycles. The van der Waals surface area contributed by atoms with E-state index in [2.05, 4.69) is 38.8 Å². The highest BCUT2D eigenvalue weighted by Crippen LogP contribution is 2.30. The third-order valence-corrected chi connectivity index (χ3v) is 5.84. The highest BCUT2D eigenvalue weighted by atomic mass is 19.1. The molecule has 1 aliphatic rings. The Kier molecular flexibility index (Phi) is 6.46. The van der Waals surface area contributed by atoms with Gasteiger partial charge in [-0.2, -0.15) is 4.98 Å². The van der Waals surface area contributed by atoms with Gasteiger partial charge in [0.25, 0.3) is 0 Å². The topological polar surface area (TPSA) is 102 Å². The third kappa shape index (κ3) is 4.61. The number of hydrogen-bond acceptors (Lipinski definition) is 7. The van der Waals surface area contributed by atoms with E-state index < -0.39 is 6.17 Å². The molecule has 0 radical (unpaired) electrons. The van der Waals surface area contributed by atoms with E-state index in [1.165, 1.54) is 0 Å². The van der Waals surface area contributed by atoms with Crippen molar-refractivity contribution in [3.05, 3.63) is 30.2 Å². The Labute approximate surface area is 192 Å². The molecule has 3 N–H and O–H groups in total. The maximum atomic E-state index is 12.4. The molecule has 4 aromatic heterocycles. The fourth-order valence-electron chi connectivity index (χ4n) is 4.38. The van der Waals surface area contributed by atoms with Crippen molar-refractivity contribution in [2.24, 2.45) is 0 Å². The van der Waals surface area contributed by atoms with Gasteiger partial charge in [-0.25, -0.2) is 18.9 Å². The molecule has 0 spiro atoms. The number of likely N-dealkylation sites (tertiary alicyclic amines) is 1. The summed E-state index contributed by atoms with van der Waals surface area (Å²) in [4.78, 5) is 15.8. The number of aryl methyl sites for hydroxylation is 1. The van der Waals surface area contributed by atoms with Crippen molar-refractivity contribution in [1.82, 2.24) is 34.0 Å². The summed E-state index contributed by atoms with van der Waals surface area (Å²) >= 11 is 0. The highest BCUT2D eigenvalue weighted by Gasteiger charge is 2.17. The summed E-state index contributed by atoms with van der Waals surface area (Å²) in [5.41, 5.74) is 10.2. The molecule has 0 amide bonds. The normalized spacial score (nSPS) is 16.9. The van der Waals surface area contributed by atoms with Gasteiger partial charge in [-0.05, 0) is 65.4 Å². The second-order valence-electron chi connectivity index (χ2n) is 8.75. The number of aromatic nitrogens is 6. The lowest BCUT2D eigenvalue weighted by Gasteiger charge is -2.24. The van der Waals surface area contributed by atoms with Crippen molar-refractivity contribution >= 4 is 28.4 Å². The van der Waals surface area contributed by atoms with Gasteiger partial charge in [0.05, 0.1) is 5.69 Å². The minimum absolute atomic E-state index is 0.218. The quantitative estimate of drug-likeness (QED) is 0.488. The van der Waals surface area contributed by atoms with Crippen LogP contribution in [0.2, 0.25) is 0 Å². The van der Waals surface area contributed by atoms with Crippen molar-refractivity contribution in [3.63, 3.8) is 0 Å². The van der Waals surface area contributed by atoms with Gasteiger partial charge in [0, 0.05) is 31.4 Å². The first-order valence-corrected chi connectivity index (χ1v) is 11.3. The molecule has 33 heavy (non-hydrogen) atoms. The first-order valence-electron chi connectivity index (χ1n) is 11.3. The number of hydrogen-bond donors (Lipinski definition) is 2. The Morgan fingerprint density at radius 2 is 1.97 bits per heavy atom. The van der Waals surface area contributed by atoms with E-state index in [-0.39, 0.29) is 12.0 Å². The van der Waals surface area contributed by atoms with Crippen LogP contribution in [0.4, 0.5) is 16.2 Å². The Balaban J connectivity index is 0.000000275. The molecule has 0 saturated carbocycles.